The molecule has 0 unspecified atom stereocenters. The first-order valence-electron chi connectivity index (χ1n) is 7.21. The monoisotopic (exact) mass is 312 g/mol. The molecule has 2 rings (SSSR count). The molecule has 0 atom stereocenters. The quantitative estimate of drug-likeness (QED) is 0.442. The van der Waals surface area contributed by atoms with Gasteiger partial charge in [0.2, 0.25) is 0 Å². The summed E-state index contributed by atoms with van der Waals surface area (Å²) in [6.07, 6.45) is 5.43. The van der Waals surface area contributed by atoms with Crippen molar-refractivity contribution in [3.05, 3.63) is 79.4 Å². The van der Waals surface area contributed by atoms with Crippen LogP contribution in [0.5, 0.6) is 0 Å². The minimum atomic E-state index is -0.646. The summed E-state index contributed by atoms with van der Waals surface area (Å²) >= 11 is 0. The van der Waals surface area contributed by atoms with Gasteiger partial charge < -0.3 is 0 Å². The van der Waals surface area contributed by atoms with Crippen molar-refractivity contribution in [2.75, 3.05) is 0 Å². The molecule has 0 aliphatic carbocycles. The molecule has 23 heavy (non-hydrogen) atoms. The summed E-state index contributed by atoms with van der Waals surface area (Å²) in [4.78, 5) is 20.5. The average Bonchev–Trinajstić information content (AvgIpc) is 2.54. The standard InChI is InChI=1S/C17H16N2O4/c1-2-3-13-4-6-14(7-5-13)8-9-15-10-11-16(18(20)21)12-17(15)19(22)23/h4-12H,2-3H2,1H3/b9-8+. The molecule has 0 saturated heterocycles. The molecule has 0 N–H and O–H groups in total. The minimum Gasteiger partial charge on any atom is -0.258 e. The number of rotatable bonds is 6. The largest absolute Gasteiger partial charge is 0.283 e. The highest BCUT2D eigenvalue weighted by molar-refractivity contribution is 5.75. The number of non-ortho nitro benzene ring substituents is 1. The highest BCUT2D eigenvalue weighted by Crippen LogP contribution is 2.26. The van der Waals surface area contributed by atoms with Gasteiger partial charge in [-0.2, -0.15) is 0 Å². The number of hydrogen-bond donors (Lipinski definition) is 0. The van der Waals surface area contributed by atoms with E-state index in [0.29, 0.717) is 5.56 Å². The Bertz CT molecular complexity index is 752. The lowest BCUT2D eigenvalue weighted by molar-refractivity contribution is -0.394. The van der Waals surface area contributed by atoms with E-state index in [9.17, 15) is 20.2 Å². The van der Waals surface area contributed by atoms with Crippen molar-refractivity contribution in [3.8, 4) is 0 Å². The van der Waals surface area contributed by atoms with E-state index in [1.54, 1.807) is 12.2 Å². The van der Waals surface area contributed by atoms with Crippen molar-refractivity contribution < 1.29 is 9.85 Å². The van der Waals surface area contributed by atoms with Crippen LogP contribution in [0.25, 0.3) is 12.2 Å². The smallest absolute Gasteiger partial charge is 0.258 e. The predicted octanol–water partition coefficient (Wildman–Crippen LogP) is 4.63. The van der Waals surface area contributed by atoms with Crippen LogP contribution in [0.15, 0.2) is 42.5 Å². The molecule has 0 fully saturated rings. The van der Waals surface area contributed by atoms with Gasteiger partial charge in [0.05, 0.1) is 21.5 Å². The molecule has 0 heterocycles. The van der Waals surface area contributed by atoms with Gasteiger partial charge in [0.25, 0.3) is 11.4 Å². The fourth-order valence-electron chi connectivity index (χ4n) is 2.21. The molecular formula is C17H16N2O4. The fourth-order valence-corrected chi connectivity index (χ4v) is 2.21. The van der Waals surface area contributed by atoms with Gasteiger partial charge in [0, 0.05) is 6.07 Å². The van der Waals surface area contributed by atoms with Gasteiger partial charge >= 0.3 is 0 Å². The lowest BCUT2D eigenvalue weighted by Crippen LogP contribution is -1.94. The van der Waals surface area contributed by atoms with E-state index in [4.69, 9.17) is 0 Å². The van der Waals surface area contributed by atoms with Crippen LogP contribution in [0.1, 0.15) is 30.0 Å². The zero-order chi connectivity index (χ0) is 16.8. The molecule has 118 valence electrons. The van der Waals surface area contributed by atoms with Gasteiger partial charge in [-0.15, -0.1) is 0 Å². The van der Waals surface area contributed by atoms with Crippen molar-refractivity contribution in [1.29, 1.82) is 0 Å². The third-order valence-electron chi connectivity index (χ3n) is 3.40. The van der Waals surface area contributed by atoms with Gasteiger partial charge in [-0.3, -0.25) is 20.2 Å². The lowest BCUT2D eigenvalue weighted by atomic mass is 10.1. The molecule has 2 aromatic carbocycles. The Balaban J connectivity index is 2.27. The Morgan fingerprint density at radius 1 is 0.957 bits per heavy atom. The Labute approximate surface area is 133 Å². The minimum absolute atomic E-state index is 0.280. The van der Waals surface area contributed by atoms with E-state index in [-0.39, 0.29) is 11.4 Å². The van der Waals surface area contributed by atoms with Crippen molar-refractivity contribution >= 4 is 23.5 Å². The molecular weight excluding hydrogens is 296 g/mol. The van der Waals surface area contributed by atoms with Crippen LogP contribution in [0, 0.1) is 20.2 Å². The van der Waals surface area contributed by atoms with E-state index >= 15 is 0 Å². The summed E-state index contributed by atoms with van der Waals surface area (Å²) in [6.45, 7) is 2.11. The van der Waals surface area contributed by atoms with E-state index in [0.717, 1.165) is 24.5 Å². The van der Waals surface area contributed by atoms with Gasteiger partial charge in [-0.25, -0.2) is 0 Å². The zero-order valence-electron chi connectivity index (χ0n) is 12.6. The first-order chi connectivity index (χ1) is 11.0. The van der Waals surface area contributed by atoms with Crippen LogP contribution < -0.4 is 0 Å². The van der Waals surface area contributed by atoms with E-state index in [1.807, 2.05) is 24.3 Å². The lowest BCUT2D eigenvalue weighted by Gasteiger charge is -2.00. The second kappa shape index (κ2) is 7.31. The summed E-state index contributed by atoms with van der Waals surface area (Å²) in [5, 5.41) is 21.8. The molecule has 6 nitrogen and oxygen atoms in total. The molecule has 0 radical (unpaired) electrons. The molecule has 0 bridgehead atoms. The fraction of sp³-hybridized carbons (Fsp3) is 0.176. The number of nitro benzene ring substituents is 2. The maximum Gasteiger partial charge on any atom is 0.283 e. The van der Waals surface area contributed by atoms with Crippen LogP contribution in [-0.2, 0) is 6.42 Å². The molecule has 2 aromatic rings. The van der Waals surface area contributed by atoms with Crippen LogP contribution in [0.3, 0.4) is 0 Å². The summed E-state index contributed by atoms with van der Waals surface area (Å²) in [5.41, 5.74) is 1.91. The Kier molecular flexibility index (Phi) is 5.19. The molecule has 0 aliphatic rings. The van der Waals surface area contributed by atoms with Crippen LogP contribution in [0.4, 0.5) is 11.4 Å². The molecule has 0 amide bonds. The second-order valence-electron chi connectivity index (χ2n) is 5.08. The first kappa shape index (κ1) is 16.4. The van der Waals surface area contributed by atoms with Crippen molar-refractivity contribution in [1.82, 2.24) is 0 Å². The molecule has 0 aliphatic heterocycles. The van der Waals surface area contributed by atoms with Crippen LogP contribution >= 0.6 is 0 Å². The number of hydrogen-bond acceptors (Lipinski definition) is 4. The maximum absolute atomic E-state index is 11.1. The number of aryl methyl sites for hydroxylation is 1. The summed E-state index contributed by atoms with van der Waals surface area (Å²) in [5.74, 6) is 0. The summed E-state index contributed by atoms with van der Waals surface area (Å²) < 4.78 is 0. The van der Waals surface area contributed by atoms with Gasteiger partial charge in [0.15, 0.2) is 0 Å². The van der Waals surface area contributed by atoms with Crippen LogP contribution in [0.2, 0.25) is 0 Å². The van der Waals surface area contributed by atoms with Gasteiger partial charge in [-0.05, 0) is 29.7 Å². The van der Waals surface area contributed by atoms with Crippen LogP contribution in [-0.4, -0.2) is 9.85 Å². The molecule has 0 aromatic heterocycles. The van der Waals surface area contributed by atoms with Gasteiger partial charge in [-0.1, -0.05) is 43.7 Å². The van der Waals surface area contributed by atoms with Gasteiger partial charge in [0.1, 0.15) is 0 Å². The highest BCUT2D eigenvalue weighted by atomic mass is 16.6. The van der Waals surface area contributed by atoms with Crippen molar-refractivity contribution in [2.45, 2.75) is 19.8 Å². The highest BCUT2D eigenvalue weighted by Gasteiger charge is 2.17. The Morgan fingerprint density at radius 2 is 1.65 bits per heavy atom. The molecule has 0 spiro atoms. The topological polar surface area (TPSA) is 86.3 Å². The summed E-state index contributed by atoms with van der Waals surface area (Å²) in [6, 6.07) is 11.6. The molecule has 0 saturated carbocycles. The normalized spacial score (nSPS) is 10.8. The van der Waals surface area contributed by atoms with Crippen molar-refractivity contribution in [3.63, 3.8) is 0 Å². The Hall–Kier alpha value is -3.02. The van der Waals surface area contributed by atoms with E-state index in [2.05, 4.69) is 6.92 Å². The third kappa shape index (κ3) is 4.23. The second-order valence-corrected chi connectivity index (χ2v) is 5.08. The third-order valence-corrected chi connectivity index (χ3v) is 3.40. The number of nitro groups is 2. The van der Waals surface area contributed by atoms with Crippen molar-refractivity contribution in [2.24, 2.45) is 0 Å². The number of nitrogens with zero attached hydrogens (tertiary/aromatic N) is 2. The Morgan fingerprint density at radius 3 is 2.22 bits per heavy atom. The summed E-state index contributed by atoms with van der Waals surface area (Å²) in [7, 11) is 0. The maximum atomic E-state index is 11.1. The van der Waals surface area contributed by atoms with E-state index < -0.39 is 9.85 Å². The molecule has 6 heteroatoms. The van der Waals surface area contributed by atoms with E-state index in [1.165, 1.54) is 17.7 Å². The average molecular weight is 312 g/mol. The zero-order valence-corrected chi connectivity index (χ0v) is 12.6. The first-order valence-corrected chi connectivity index (χ1v) is 7.21. The SMILES string of the molecule is CCCc1ccc(/C=C/c2ccc([N+](=O)[O-])cc2[N+](=O)[O-])cc1. The number of benzene rings is 2. The predicted molar refractivity (Wildman–Crippen MR) is 89.1 cm³/mol.